The normalized spacial score (nSPS) is 15.2. The van der Waals surface area contributed by atoms with Crippen molar-refractivity contribution in [3.05, 3.63) is 112 Å². The number of alkyl halides is 6. The van der Waals surface area contributed by atoms with E-state index in [9.17, 15) is 59.0 Å². The number of para-hydroxylation sites is 1. The number of primary amides is 1. The maximum atomic E-state index is 14.0. The number of nitrogens with two attached hydrogens (primary N) is 2. The number of sulfone groups is 1. The molecule has 0 aromatic heterocycles. The summed E-state index contributed by atoms with van der Waals surface area (Å²) in [5, 5.41) is 19.6. The molecule has 1 aliphatic rings. The van der Waals surface area contributed by atoms with Gasteiger partial charge in [-0.2, -0.15) is 31.4 Å². The van der Waals surface area contributed by atoms with Crippen LogP contribution in [0.25, 0.3) is 11.1 Å². The highest BCUT2D eigenvalue weighted by Crippen LogP contribution is 2.50. The largest absolute Gasteiger partial charge is 0.445 e. The van der Waals surface area contributed by atoms with Crippen LogP contribution in [-0.4, -0.2) is 97.8 Å². The summed E-state index contributed by atoms with van der Waals surface area (Å²) in [6.45, 7) is 3.68. The van der Waals surface area contributed by atoms with Gasteiger partial charge in [-0.15, -0.1) is 0 Å². The summed E-state index contributed by atoms with van der Waals surface area (Å²) in [6, 6.07) is 19.3. The van der Waals surface area contributed by atoms with Crippen LogP contribution in [0.2, 0.25) is 10.0 Å². The van der Waals surface area contributed by atoms with Crippen molar-refractivity contribution in [3.8, 4) is 11.1 Å². The molecule has 1 heterocycles. The lowest BCUT2D eigenvalue weighted by Gasteiger charge is -2.32. The van der Waals surface area contributed by atoms with E-state index in [1.807, 2.05) is 0 Å². The zero-order valence-electron chi connectivity index (χ0n) is 39.1. The molecular formula is C48H53Cl2F6N7O8S. The molecule has 4 aromatic rings. The summed E-state index contributed by atoms with van der Waals surface area (Å²) in [5.41, 5.74) is 6.03. The fraction of sp³-hybridized carbons (Fsp3) is 0.396. The molecule has 4 amide bonds. The van der Waals surface area contributed by atoms with Gasteiger partial charge in [-0.25, -0.2) is 18.0 Å². The van der Waals surface area contributed by atoms with E-state index in [2.05, 4.69) is 15.7 Å². The van der Waals surface area contributed by atoms with Crippen molar-refractivity contribution in [2.75, 3.05) is 36.2 Å². The van der Waals surface area contributed by atoms with Gasteiger partial charge in [0.1, 0.15) is 6.61 Å². The molecule has 0 saturated heterocycles. The third-order valence-corrected chi connectivity index (χ3v) is 14.3. The highest BCUT2D eigenvalue weighted by Gasteiger charge is 2.74. The highest BCUT2D eigenvalue weighted by molar-refractivity contribution is 7.91. The fourth-order valence-electron chi connectivity index (χ4n) is 7.68. The van der Waals surface area contributed by atoms with Gasteiger partial charge in [0.05, 0.1) is 44.2 Å². The van der Waals surface area contributed by atoms with Crippen molar-refractivity contribution in [2.24, 2.45) is 28.4 Å². The number of nitrogens with one attached hydrogen (secondary N) is 2. The minimum atomic E-state index is -6.19. The number of nitrogens with zero attached hydrogens (tertiary/aromatic N) is 3. The Hall–Kier alpha value is -5.94. The van der Waals surface area contributed by atoms with E-state index >= 15 is 0 Å². The Morgan fingerprint density at radius 2 is 1.51 bits per heavy atom. The molecule has 390 valence electrons. The lowest BCUT2D eigenvalue weighted by Crippen LogP contribution is -2.62. The number of ether oxygens (including phenoxy) is 1. The van der Waals surface area contributed by atoms with E-state index < -0.39 is 76.0 Å². The Bertz CT molecular complexity index is 2700. The van der Waals surface area contributed by atoms with Crippen LogP contribution in [0.5, 0.6) is 0 Å². The van der Waals surface area contributed by atoms with Crippen molar-refractivity contribution < 1.29 is 63.8 Å². The van der Waals surface area contributed by atoms with Crippen LogP contribution in [0.4, 0.5) is 47.3 Å². The summed E-state index contributed by atoms with van der Waals surface area (Å²) < 4.78 is 116. The number of anilines is 2. The van der Waals surface area contributed by atoms with Gasteiger partial charge >= 0.3 is 24.5 Å². The molecule has 3 atom stereocenters. The number of halogens is 8. The summed E-state index contributed by atoms with van der Waals surface area (Å²) in [6.07, 6.45) is -13.5. The minimum Gasteiger partial charge on any atom is -0.445 e. The van der Waals surface area contributed by atoms with Crippen LogP contribution in [0.1, 0.15) is 63.1 Å². The summed E-state index contributed by atoms with van der Waals surface area (Å²) in [4.78, 5) is 51.0. The first-order valence-electron chi connectivity index (χ1n) is 22.3. The number of Topliss-reactive ketones (excluding diaryl/α,β-unsaturated/α-hetero) is 1. The van der Waals surface area contributed by atoms with Gasteiger partial charge < -0.3 is 36.8 Å². The molecule has 5 rings (SSSR count). The number of hydrazone groups is 1. The van der Waals surface area contributed by atoms with Crippen LogP contribution in [-0.2, 0) is 30.8 Å². The average molecular weight is 1070 g/mol. The van der Waals surface area contributed by atoms with Gasteiger partial charge in [-0.3, -0.25) is 14.6 Å². The molecule has 0 saturated carbocycles. The molecular weight excluding hydrogens is 1020 g/mol. The van der Waals surface area contributed by atoms with Crippen LogP contribution >= 0.6 is 23.2 Å². The second-order valence-corrected chi connectivity index (χ2v) is 20.4. The highest BCUT2D eigenvalue weighted by atomic mass is 35.5. The molecule has 1 aliphatic heterocycles. The standard InChI is InChI=1S/C48H53Cl2F6N7O8S/c1-28(2)41(57)39(64)25-33(9-6-21-59-44(58)66)43(65)60-34-19-13-29(14-20-34)27-71-45(67)62(3)22-7-23-72(69,70)35-10-4-8-32(24-35)30-15-17-31(18-16-30)38-26-40(46(68,47(51,52)53)48(54,55)56)61-63(38)42-36(49)11-5-12-37(42)50/h4-5,8,10-20,24,28,33,38,41,68H,6-7,9,21-23,25-27,57H2,1-3H3,(H,60,65)(H3,58,59,66)/t33-,38?,41+/m1/s1. The van der Waals surface area contributed by atoms with E-state index in [1.54, 1.807) is 44.2 Å². The van der Waals surface area contributed by atoms with Gasteiger partial charge in [0, 0.05) is 44.6 Å². The third kappa shape index (κ3) is 14.0. The molecule has 4 aromatic carbocycles. The maximum absolute atomic E-state index is 14.0. The van der Waals surface area contributed by atoms with Gasteiger partial charge in [-0.1, -0.05) is 91.6 Å². The van der Waals surface area contributed by atoms with Gasteiger partial charge in [0.15, 0.2) is 15.6 Å². The Morgan fingerprint density at radius 1 is 0.903 bits per heavy atom. The molecule has 1 unspecified atom stereocenters. The molecule has 15 nitrogen and oxygen atoms in total. The van der Waals surface area contributed by atoms with E-state index in [1.165, 1.54) is 72.6 Å². The Morgan fingerprint density at radius 3 is 2.10 bits per heavy atom. The lowest BCUT2D eigenvalue weighted by molar-refractivity contribution is -0.338. The van der Waals surface area contributed by atoms with Crippen molar-refractivity contribution in [1.82, 2.24) is 10.2 Å². The topological polar surface area (TPSA) is 227 Å². The average Bonchev–Trinajstić information content (AvgIpc) is 3.75. The Balaban J connectivity index is 1.17. The summed E-state index contributed by atoms with van der Waals surface area (Å²) in [5.74, 6) is -1.90. The smallest absolute Gasteiger partial charge is 0.431 e. The van der Waals surface area contributed by atoms with E-state index in [0.29, 0.717) is 28.8 Å². The molecule has 0 fully saturated rings. The first kappa shape index (κ1) is 57.0. The first-order chi connectivity index (χ1) is 33.6. The number of urea groups is 1. The number of rotatable bonds is 21. The predicted octanol–water partition coefficient (Wildman–Crippen LogP) is 9.20. The lowest BCUT2D eigenvalue weighted by atomic mass is 9.89. The van der Waals surface area contributed by atoms with Gasteiger partial charge in [0.25, 0.3) is 5.60 Å². The van der Waals surface area contributed by atoms with E-state index in [-0.39, 0.29) is 82.6 Å². The van der Waals surface area contributed by atoms with Crippen molar-refractivity contribution in [2.45, 2.75) is 87.5 Å². The maximum Gasteiger partial charge on any atom is 0.431 e. The molecule has 0 bridgehead atoms. The fourth-order valence-corrected chi connectivity index (χ4v) is 9.59. The number of benzene rings is 4. The number of carbonyl (C=O) groups excluding carboxylic acids is 4. The SMILES string of the molecule is CC(C)[C@H](N)C(=O)C[C@@H](CCCNC(N)=O)C(=O)Nc1ccc(COC(=O)N(C)CCCS(=O)(=O)c2cccc(-c3ccc(C4CC(C(O)(C(F)(F)F)C(F)(F)F)=NN4c4c(Cl)cccc4Cl)cc3)c2)cc1. The van der Waals surface area contributed by atoms with Crippen LogP contribution in [0, 0.1) is 11.8 Å². The summed E-state index contributed by atoms with van der Waals surface area (Å²) in [7, 11) is -2.49. The third-order valence-electron chi connectivity index (χ3n) is 11.9. The number of amides is 4. The van der Waals surface area contributed by atoms with Gasteiger partial charge in [0.2, 0.25) is 5.91 Å². The number of ketones is 1. The zero-order chi connectivity index (χ0) is 53.3. The van der Waals surface area contributed by atoms with Crippen molar-refractivity contribution in [1.29, 1.82) is 0 Å². The molecule has 0 aliphatic carbocycles. The zero-order valence-corrected chi connectivity index (χ0v) is 41.4. The van der Waals surface area contributed by atoms with E-state index in [0.717, 1.165) is 5.01 Å². The molecule has 0 spiro atoms. The first-order valence-corrected chi connectivity index (χ1v) is 24.7. The molecule has 72 heavy (non-hydrogen) atoms. The van der Waals surface area contributed by atoms with Crippen molar-refractivity contribution >= 4 is 73.9 Å². The molecule has 24 heteroatoms. The number of hydrogen-bond donors (Lipinski definition) is 5. The van der Waals surface area contributed by atoms with Crippen molar-refractivity contribution in [3.63, 3.8) is 0 Å². The van der Waals surface area contributed by atoms with E-state index in [4.69, 9.17) is 39.4 Å². The molecule has 7 N–H and O–H groups in total. The molecule has 0 radical (unpaired) electrons. The monoisotopic (exact) mass is 1070 g/mol. The number of hydrogen-bond acceptors (Lipinski definition) is 11. The second kappa shape index (κ2) is 23.7. The summed E-state index contributed by atoms with van der Waals surface area (Å²) >= 11 is 12.6. The quantitative estimate of drug-likeness (QED) is 0.0393. The number of carbonyl (C=O) groups is 4. The Labute approximate surface area is 421 Å². The van der Waals surface area contributed by atoms with Gasteiger partial charge in [-0.05, 0) is 83.8 Å². The second-order valence-electron chi connectivity index (χ2n) is 17.4. The van der Waals surface area contributed by atoms with Crippen LogP contribution < -0.4 is 27.1 Å². The predicted molar refractivity (Wildman–Crippen MR) is 260 cm³/mol. The minimum absolute atomic E-state index is 0.000873. The van der Waals surface area contributed by atoms with Crippen LogP contribution in [0.15, 0.2) is 101 Å². The number of aliphatic hydroxyl groups is 1. The van der Waals surface area contributed by atoms with Crippen LogP contribution in [0.3, 0.4) is 0 Å². The Kier molecular flexibility index (Phi) is 18.8.